The molecule has 1 N–H and O–H groups in total. The van der Waals surface area contributed by atoms with Gasteiger partial charge in [-0.05, 0) is 24.6 Å². The topological polar surface area (TPSA) is 45.2 Å². The van der Waals surface area contributed by atoms with Crippen molar-refractivity contribution < 1.29 is 4.79 Å². The highest BCUT2D eigenvalue weighted by Gasteiger charge is 2.11. The highest BCUT2D eigenvalue weighted by atomic mass is 16.2. The highest BCUT2D eigenvalue weighted by Crippen LogP contribution is 2.15. The molecule has 1 heterocycles. The summed E-state index contributed by atoms with van der Waals surface area (Å²) in [7, 11) is 1.77. The molecule has 0 saturated heterocycles. The van der Waals surface area contributed by atoms with E-state index in [2.05, 4.69) is 10.3 Å². The SMILES string of the molecule is CCNc1ccc(N(C)C(=O)Cc2ccccc2)cn1. The monoisotopic (exact) mass is 269 g/mol. The molecule has 0 fully saturated rings. The molecule has 0 aliphatic heterocycles. The van der Waals surface area contributed by atoms with E-state index < -0.39 is 0 Å². The highest BCUT2D eigenvalue weighted by molar-refractivity contribution is 5.94. The van der Waals surface area contributed by atoms with Crippen LogP contribution in [-0.2, 0) is 11.2 Å². The van der Waals surface area contributed by atoms with Crippen molar-refractivity contribution in [1.82, 2.24) is 4.98 Å². The van der Waals surface area contributed by atoms with Crippen molar-refractivity contribution in [3.05, 3.63) is 54.2 Å². The fourth-order valence-corrected chi connectivity index (χ4v) is 1.90. The van der Waals surface area contributed by atoms with E-state index in [4.69, 9.17) is 0 Å². The largest absolute Gasteiger partial charge is 0.370 e. The number of likely N-dealkylation sites (N-methyl/N-ethyl adjacent to an activating group) is 1. The van der Waals surface area contributed by atoms with Crippen LogP contribution in [0.2, 0.25) is 0 Å². The van der Waals surface area contributed by atoms with Crippen LogP contribution in [-0.4, -0.2) is 24.5 Å². The van der Waals surface area contributed by atoms with Gasteiger partial charge in [0.05, 0.1) is 18.3 Å². The number of anilines is 2. The third-order valence-electron chi connectivity index (χ3n) is 3.07. The maximum Gasteiger partial charge on any atom is 0.231 e. The van der Waals surface area contributed by atoms with E-state index in [1.54, 1.807) is 18.1 Å². The average molecular weight is 269 g/mol. The Bertz CT molecular complexity index is 552. The molecule has 4 nitrogen and oxygen atoms in total. The minimum Gasteiger partial charge on any atom is -0.370 e. The minimum absolute atomic E-state index is 0.0502. The Morgan fingerprint density at radius 1 is 1.20 bits per heavy atom. The lowest BCUT2D eigenvalue weighted by Crippen LogP contribution is -2.27. The minimum atomic E-state index is 0.0502. The number of nitrogens with one attached hydrogen (secondary N) is 1. The molecule has 0 atom stereocenters. The van der Waals surface area contributed by atoms with E-state index in [-0.39, 0.29) is 5.91 Å². The molecule has 1 aromatic carbocycles. The van der Waals surface area contributed by atoms with Gasteiger partial charge in [-0.25, -0.2) is 4.98 Å². The fraction of sp³-hybridized carbons (Fsp3) is 0.250. The van der Waals surface area contributed by atoms with Crippen LogP contribution in [0.25, 0.3) is 0 Å². The van der Waals surface area contributed by atoms with Gasteiger partial charge in [0.15, 0.2) is 0 Å². The van der Waals surface area contributed by atoms with E-state index in [0.29, 0.717) is 6.42 Å². The first-order valence-electron chi connectivity index (χ1n) is 6.71. The summed E-state index contributed by atoms with van der Waals surface area (Å²) in [6, 6.07) is 13.5. The van der Waals surface area contributed by atoms with Gasteiger partial charge in [-0.1, -0.05) is 30.3 Å². The van der Waals surface area contributed by atoms with Gasteiger partial charge < -0.3 is 10.2 Å². The Hall–Kier alpha value is -2.36. The molecule has 0 saturated carbocycles. The van der Waals surface area contributed by atoms with Crippen molar-refractivity contribution in [3.63, 3.8) is 0 Å². The Balaban J connectivity index is 2.02. The Labute approximate surface area is 119 Å². The van der Waals surface area contributed by atoms with Crippen molar-refractivity contribution >= 4 is 17.4 Å². The van der Waals surface area contributed by atoms with E-state index in [0.717, 1.165) is 23.6 Å². The number of amides is 1. The summed E-state index contributed by atoms with van der Waals surface area (Å²) in [5.41, 5.74) is 1.81. The summed E-state index contributed by atoms with van der Waals surface area (Å²) >= 11 is 0. The number of carbonyl (C=O) groups excluding carboxylic acids is 1. The number of aromatic nitrogens is 1. The van der Waals surface area contributed by atoms with E-state index >= 15 is 0 Å². The van der Waals surface area contributed by atoms with Gasteiger partial charge in [-0.2, -0.15) is 0 Å². The van der Waals surface area contributed by atoms with Crippen LogP contribution in [0.3, 0.4) is 0 Å². The zero-order valence-corrected chi connectivity index (χ0v) is 11.8. The molecule has 0 radical (unpaired) electrons. The summed E-state index contributed by atoms with van der Waals surface area (Å²) in [4.78, 5) is 18.1. The zero-order valence-electron chi connectivity index (χ0n) is 11.8. The standard InChI is InChI=1S/C16H19N3O/c1-3-17-15-10-9-14(12-18-15)19(2)16(20)11-13-7-5-4-6-8-13/h4-10,12H,3,11H2,1-2H3,(H,17,18). The predicted octanol–water partition coefficient (Wildman–Crippen LogP) is 2.72. The first-order chi connectivity index (χ1) is 9.70. The second kappa shape index (κ2) is 6.70. The predicted molar refractivity (Wildman–Crippen MR) is 82.0 cm³/mol. The second-order valence-electron chi connectivity index (χ2n) is 4.55. The van der Waals surface area contributed by atoms with Crippen LogP contribution in [0.1, 0.15) is 12.5 Å². The second-order valence-corrected chi connectivity index (χ2v) is 4.55. The summed E-state index contributed by atoms with van der Waals surface area (Å²) in [6.45, 7) is 2.85. The van der Waals surface area contributed by atoms with E-state index in [1.807, 2.05) is 49.4 Å². The van der Waals surface area contributed by atoms with Crippen LogP contribution in [0.5, 0.6) is 0 Å². The van der Waals surface area contributed by atoms with E-state index in [9.17, 15) is 4.79 Å². The molecule has 104 valence electrons. The van der Waals surface area contributed by atoms with E-state index in [1.165, 1.54) is 0 Å². The maximum absolute atomic E-state index is 12.2. The number of hydrogen-bond acceptors (Lipinski definition) is 3. The molecule has 0 bridgehead atoms. The maximum atomic E-state index is 12.2. The van der Waals surface area contributed by atoms with Gasteiger partial charge >= 0.3 is 0 Å². The number of benzene rings is 1. The lowest BCUT2D eigenvalue weighted by Gasteiger charge is -2.17. The van der Waals surface area contributed by atoms with Crippen LogP contribution >= 0.6 is 0 Å². The van der Waals surface area contributed by atoms with Crippen LogP contribution in [0, 0.1) is 0 Å². The third-order valence-corrected chi connectivity index (χ3v) is 3.07. The molecule has 0 aliphatic rings. The van der Waals surface area contributed by atoms with Crippen molar-refractivity contribution in [2.45, 2.75) is 13.3 Å². The summed E-state index contributed by atoms with van der Waals surface area (Å²) < 4.78 is 0. The molecule has 20 heavy (non-hydrogen) atoms. The van der Waals surface area contributed by atoms with Crippen molar-refractivity contribution in [2.75, 3.05) is 23.8 Å². The molecular formula is C16H19N3O. The molecule has 2 rings (SSSR count). The molecule has 4 heteroatoms. The molecule has 0 unspecified atom stereocenters. The molecule has 0 aliphatic carbocycles. The van der Waals surface area contributed by atoms with Gasteiger partial charge in [0.1, 0.15) is 5.82 Å². The van der Waals surface area contributed by atoms with Crippen molar-refractivity contribution in [1.29, 1.82) is 0 Å². The Morgan fingerprint density at radius 3 is 2.55 bits per heavy atom. The molecule has 2 aromatic rings. The molecule has 1 aromatic heterocycles. The number of hydrogen-bond donors (Lipinski definition) is 1. The lowest BCUT2D eigenvalue weighted by molar-refractivity contribution is -0.117. The number of rotatable bonds is 5. The first-order valence-corrected chi connectivity index (χ1v) is 6.71. The molecule has 1 amide bonds. The number of carbonyl (C=O) groups is 1. The molecular weight excluding hydrogens is 250 g/mol. The normalized spacial score (nSPS) is 10.1. The summed E-state index contributed by atoms with van der Waals surface area (Å²) in [5, 5.41) is 3.13. The number of pyridine rings is 1. The first kappa shape index (κ1) is 14.1. The van der Waals surface area contributed by atoms with Gasteiger partial charge in [-0.15, -0.1) is 0 Å². The molecule has 0 spiro atoms. The van der Waals surface area contributed by atoms with Gasteiger partial charge in [0.25, 0.3) is 0 Å². The van der Waals surface area contributed by atoms with Gasteiger partial charge in [0.2, 0.25) is 5.91 Å². The fourth-order valence-electron chi connectivity index (χ4n) is 1.90. The van der Waals surface area contributed by atoms with Gasteiger partial charge in [0, 0.05) is 13.6 Å². The quantitative estimate of drug-likeness (QED) is 0.907. The third kappa shape index (κ3) is 3.57. The van der Waals surface area contributed by atoms with Gasteiger partial charge in [-0.3, -0.25) is 4.79 Å². The smallest absolute Gasteiger partial charge is 0.231 e. The average Bonchev–Trinajstić information content (AvgIpc) is 2.48. The van der Waals surface area contributed by atoms with Crippen molar-refractivity contribution in [2.24, 2.45) is 0 Å². The Kier molecular flexibility index (Phi) is 4.71. The van der Waals surface area contributed by atoms with Crippen LogP contribution in [0.4, 0.5) is 11.5 Å². The van der Waals surface area contributed by atoms with Crippen LogP contribution in [0.15, 0.2) is 48.7 Å². The summed E-state index contributed by atoms with van der Waals surface area (Å²) in [6.07, 6.45) is 2.10. The Morgan fingerprint density at radius 2 is 1.95 bits per heavy atom. The lowest BCUT2D eigenvalue weighted by atomic mass is 10.1. The van der Waals surface area contributed by atoms with Crippen molar-refractivity contribution in [3.8, 4) is 0 Å². The van der Waals surface area contributed by atoms with Crippen LogP contribution < -0.4 is 10.2 Å². The zero-order chi connectivity index (χ0) is 14.4. The summed E-state index contributed by atoms with van der Waals surface area (Å²) in [5.74, 6) is 0.870. The number of nitrogens with zero attached hydrogens (tertiary/aromatic N) is 2.